The van der Waals surface area contributed by atoms with E-state index < -0.39 is 17.6 Å². The molecule has 2 atom stereocenters. The minimum absolute atomic E-state index is 0.0670. The fraction of sp³-hybridized carbons (Fsp3) is 0.500. The zero-order valence-electron chi connectivity index (χ0n) is 9.48. The Kier molecular flexibility index (Phi) is 2.51. The SMILES string of the molecule is CC1(C)C(N)C1c1cc(C(F)(F)F)ccc1F. The highest BCUT2D eigenvalue weighted by atomic mass is 19.4. The molecule has 17 heavy (non-hydrogen) atoms. The van der Waals surface area contributed by atoms with Gasteiger partial charge in [-0.1, -0.05) is 13.8 Å². The van der Waals surface area contributed by atoms with Gasteiger partial charge in [0.2, 0.25) is 0 Å². The van der Waals surface area contributed by atoms with Crippen molar-refractivity contribution in [3.8, 4) is 0 Å². The van der Waals surface area contributed by atoms with Crippen LogP contribution in [0.25, 0.3) is 0 Å². The molecule has 1 aromatic rings. The molecule has 2 unspecified atom stereocenters. The molecule has 0 saturated heterocycles. The van der Waals surface area contributed by atoms with Crippen LogP contribution in [-0.4, -0.2) is 6.04 Å². The van der Waals surface area contributed by atoms with Gasteiger partial charge in [0, 0.05) is 12.0 Å². The van der Waals surface area contributed by atoms with Gasteiger partial charge in [-0.3, -0.25) is 0 Å². The number of hydrogen-bond acceptors (Lipinski definition) is 1. The average molecular weight is 247 g/mol. The topological polar surface area (TPSA) is 26.0 Å². The summed E-state index contributed by atoms with van der Waals surface area (Å²) in [5, 5.41) is 0. The first-order chi connectivity index (χ1) is 7.65. The van der Waals surface area contributed by atoms with Gasteiger partial charge in [0.15, 0.2) is 0 Å². The number of nitrogens with two attached hydrogens (primary N) is 1. The molecular formula is C12H13F4N. The van der Waals surface area contributed by atoms with E-state index in [1.165, 1.54) is 0 Å². The second kappa shape index (κ2) is 3.45. The second-order valence-corrected chi connectivity index (χ2v) is 5.06. The van der Waals surface area contributed by atoms with Gasteiger partial charge >= 0.3 is 6.18 Å². The lowest BCUT2D eigenvalue weighted by Crippen LogP contribution is -2.08. The molecule has 1 fully saturated rings. The van der Waals surface area contributed by atoms with Crippen LogP contribution in [-0.2, 0) is 6.18 Å². The third kappa shape index (κ3) is 1.92. The van der Waals surface area contributed by atoms with Gasteiger partial charge in [-0.25, -0.2) is 4.39 Å². The van der Waals surface area contributed by atoms with Crippen molar-refractivity contribution in [2.45, 2.75) is 32.0 Å². The van der Waals surface area contributed by atoms with Gasteiger partial charge in [-0.2, -0.15) is 13.2 Å². The number of hydrogen-bond donors (Lipinski definition) is 1. The van der Waals surface area contributed by atoms with E-state index >= 15 is 0 Å². The lowest BCUT2D eigenvalue weighted by molar-refractivity contribution is -0.137. The molecule has 0 spiro atoms. The molecule has 2 rings (SSSR count). The van der Waals surface area contributed by atoms with Crippen LogP contribution in [0.2, 0.25) is 0 Å². The van der Waals surface area contributed by atoms with E-state index in [0.717, 1.165) is 18.2 Å². The molecule has 0 bridgehead atoms. The molecule has 1 aliphatic carbocycles. The van der Waals surface area contributed by atoms with Crippen LogP contribution >= 0.6 is 0 Å². The van der Waals surface area contributed by atoms with Crippen LogP contribution < -0.4 is 5.73 Å². The van der Waals surface area contributed by atoms with Crippen molar-refractivity contribution in [1.82, 2.24) is 0 Å². The van der Waals surface area contributed by atoms with Crippen LogP contribution in [0.4, 0.5) is 17.6 Å². The van der Waals surface area contributed by atoms with E-state index in [1.54, 1.807) is 0 Å². The average Bonchev–Trinajstić information content (AvgIpc) is 2.66. The molecule has 5 heteroatoms. The van der Waals surface area contributed by atoms with E-state index in [9.17, 15) is 17.6 Å². The minimum atomic E-state index is -4.45. The molecule has 1 saturated carbocycles. The van der Waals surface area contributed by atoms with Gasteiger partial charge in [0.05, 0.1) is 5.56 Å². The van der Waals surface area contributed by atoms with Crippen molar-refractivity contribution in [3.63, 3.8) is 0 Å². The number of halogens is 4. The summed E-state index contributed by atoms with van der Waals surface area (Å²) in [5.41, 5.74) is 4.65. The van der Waals surface area contributed by atoms with E-state index in [0.29, 0.717) is 0 Å². The van der Waals surface area contributed by atoms with Gasteiger partial charge < -0.3 is 5.73 Å². The molecule has 0 heterocycles. The van der Waals surface area contributed by atoms with Crippen LogP contribution in [0.5, 0.6) is 0 Å². The molecule has 1 aliphatic rings. The first kappa shape index (κ1) is 12.4. The third-order valence-electron chi connectivity index (χ3n) is 3.57. The minimum Gasteiger partial charge on any atom is -0.327 e. The molecule has 94 valence electrons. The Balaban J connectivity index is 2.42. The number of alkyl halides is 3. The summed E-state index contributed by atoms with van der Waals surface area (Å²) in [5.74, 6) is -0.964. The Morgan fingerprint density at radius 3 is 2.18 bits per heavy atom. The Bertz CT molecular complexity index is 450. The van der Waals surface area contributed by atoms with E-state index in [1.807, 2.05) is 13.8 Å². The van der Waals surface area contributed by atoms with Crippen molar-refractivity contribution >= 4 is 0 Å². The summed E-state index contributed by atoms with van der Waals surface area (Å²) in [6.07, 6.45) is -4.45. The quantitative estimate of drug-likeness (QED) is 0.757. The standard InChI is InChI=1S/C12H13F4N/c1-11(2)9(10(11)17)7-5-6(12(14,15)16)3-4-8(7)13/h3-5,9-10H,17H2,1-2H3. The molecule has 1 nitrogen and oxygen atoms in total. The summed E-state index contributed by atoms with van der Waals surface area (Å²) in [4.78, 5) is 0. The highest BCUT2D eigenvalue weighted by molar-refractivity contribution is 5.38. The Morgan fingerprint density at radius 1 is 1.24 bits per heavy atom. The van der Waals surface area contributed by atoms with Gasteiger partial charge in [-0.05, 0) is 29.2 Å². The van der Waals surface area contributed by atoms with Crippen LogP contribution in [0.3, 0.4) is 0 Å². The van der Waals surface area contributed by atoms with Gasteiger partial charge in [-0.15, -0.1) is 0 Å². The molecule has 0 aliphatic heterocycles. The molecule has 0 aromatic heterocycles. The summed E-state index contributed by atoms with van der Waals surface area (Å²) < 4.78 is 51.1. The normalized spacial score (nSPS) is 27.0. The predicted octanol–water partition coefficient (Wildman–Crippen LogP) is 3.30. The monoisotopic (exact) mass is 247 g/mol. The number of benzene rings is 1. The zero-order valence-corrected chi connectivity index (χ0v) is 9.48. The largest absolute Gasteiger partial charge is 0.416 e. The molecular weight excluding hydrogens is 234 g/mol. The summed E-state index contributed by atoms with van der Waals surface area (Å²) >= 11 is 0. The molecule has 0 amide bonds. The smallest absolute Gasteiger partial charge is 0.327 e. The van der Waals surface area contributed by atoms with E-state index in [4.69, 9.17) is 5.73 Å². The summed E-state index contributed by atoms with van der Waals surface area (Å²) in [6, 6.07) is 2.19. The summed E-state index contributed by atoms with van der Waals surface area (Å²) in [6.45, 7) is 3.64. The van der Waals surface area contributed by atoms with Crippen molar-refractivity contribution < 1.29 is 17.6 Å². The molecule has 1 aromatic carbocycles. The van der Waals surface area contributed by atoms with Gasteiger partial charge in [0.1, 0.15) is 5.82 Å². The fourth-order valence-electron chi connectivity index (χ4n) is 2.23. The van der Waals surface area contributed by atoms with Crippen LogP contribution in [0.1, 0.15) is 30.9 Å². The van der Waals surface area contributed by atoms with Crippen molar-refractivity contribution in [3.05, 3.63) is 35.1 Å². The van der Waals surface area contributed by atoms with Crippen LogP contribution in [0.15, 0.2) is 18.2 Å². The maximum Gasteiger partial charge on any atom is 0.416 e. The Hall–Kier alpha value is -1.10. The first-order valence-corrected chi connectivity index (χ1v) is 5.28. The molecule has 2 N–H and O–H groups in total. The predicted molar refractivity (Wildman–Crippen MR) is 55.9 cm³/mol. The lowest BCUT2D eigenvalue weighted by atomic mass is 10.0. The van der Waals surface area contributed by atoms with E-state index in [2.05, 4.69) is 0 Å². The Morgan fingerprint density at radius 2 is 1.76 bits per heavy atom. The maximum atomic E-state index is 13.5. The van der Waals surface area contributed by atoms with Gasteiger partial charge in [0.25, 0.3) is 0 Å². The molecule has 0 radical (unpaired) electrons. The third-order valence-corrected chi connectivity index (χ3v) is 3.57. The van der Waals surface area contributed by atoms with E-state index in [-0.39, 0.29) is 22.9 Å². The summed E-state index contributed by atoms with van der Waals surface area (Å²) in [7, 11) is 0. The van der Waals surface area contributed by atoms with Crippen LogP contribution in [0, 0.1) is 11.2 Å². The van der Waals surface area contributed by atoms with Crippen molar-refractivity contribution in [1.29, 1.82) is 0 Å². The fourth-order valence-corrected chi connectivity index (χ4v) is 2.23. The highest BCUT2D eigenvalue weighted by Gasteiger charge is 2.57. The lowest BCUT2D eigenvalue weighted by Gasteiger charge is -2.10. The second-order valence-electron chi connectivity index (χ2n) is 5.06. The first-order valence-electron chi connectivity index (χ1n) is 5.28. The zero-order chi connectivity index (χ0) is 13.0. The number of rotatable bonds is 1. The van der Waals surface area contributed by atoms with Crippen molar-refractivity contribution in [2.24, 2.45) is 11.1 Å². The Labute approximate surface area is 96.6 Å². The van der Waals surface area contributed by atoms with Crippen molar-refractivity contribution in [2.75, 3.05) is 0 Å². The maximum absolute atomic E-state index is 13.5. The highest BCUT2D eigenvalue weighted by Crippen LogP contribution is 2.58.